The van der Waals surface area contributed by atoms with Crippen molar-refractivity contribution in [2.75, 3.05) is 6.61 Å². The minimum atomic E-state index is -0.331. The highest BCUT2D eigenvalue weighted by atomic mass is 16.5. The summed E-state index contributed by atoms with van der Waals surface area (Å²) in [6, 6.07) is 27.4. The van der Waals surface area contributed by atoms with Gasteiger partial charge in [0.15, 0.2) is 6.61 Å². The molecule has 0 fully saturated rings. The molecule has 0 bridgehead atoms. The number of hydrogen-bond acceptors (Lipinski definition) is 4. The molecule has 0 spiro atoms. The molecule has 1 N–H and O–H groups in total. The van der Waals surface area contributed by atoms with Crippen LogP contribution in [0.3, 0.4) is 0 Å². The van der Waals surface area contributed by atoms with E-state index in [1.165, 1.54) is 5.56 Å². The fourth-order valence-electron chi connectivity index (χ4n) is 3.27. The molecule has 3 aromatic carbocycles. The molecule has 0 aliphatic carbocycles. The number of nitrogens with one attached hydrogen (secondary N) is 1. The lowest BCUT2D eigenvalue weighted by Gasteiger charge is -2.13. The molecule has 1 aromatic heterocycles. The molecule has 0 saturated carbocycles. The number of rotatable bonds is 7. The van der Waals surface area contributed by atoms with Gasteiger partial charge in [-0.3, -0.25) is 4.79 Å². The average molecular weight is 425 g/mol. The Balaban J connectivity index is 1.46. The number of benzene rings is 3. The molecule has 1 amide bonds. The summed E-state index contributed by atoms with van der Waals surface area (Å²) in [4.78, 5) is 12.3. The summed E-state index contributed by atoms with van der Waals surface area (Å²) in [5.41, 5.74) is 8.09. The minimum absolute atomic E-state index is 0.152. The van der Waals surface area contributed by atoms with Crippen LogP contribution in [-0.4, -0.2) is 28.0 Å². The molecule has 0 saturated heterocycles. The molecule has 4 rings (SSSR count). The molecule has 6 heteroatoms. The maximum atomic E-state index is 12.3. The first kappa shape index (κ1) is 21.1. The van der Waals surface area contributed by atoms with Gasteiger partial charge in [-0.15, -0.1) is 0 Å². The third-order valence-electron chi connectivity index (χ3n) is 4.98. The summed E-state index contributed by atoms with van der Waals surface area (Å²) < 4.78 is 7.69. The van der Waals surface area contributed by atoms with Crippen molar-refractivity contribution in [2.24, 2.45) is 5.10 Å². The van der Waals surface area contributed by atoms with Crippen molar-refractivity contribution in [3.8, 4) is 22.7 Å². The fraction of sp³-hybridized carbons (Fsp3) is 0.115. The molecule has 160 valence electrons. The number of aryl methyl sites for hydroxylation is 1. The van der Waals surface area contributed by atoms with Crippen LogP contribution in [0, 0.1) is 6.92 Å². The second kappa shape index (κ2) is 9.75. The van der Waals surface area contributed by atoms with Gasteiger partial charge >= 0.3 is 0 Å². The van der Waals surface area contributed by atoms with Gasteiger partial charge in [-0.05, 0) is 49.7 Å². The normalized spacial score (nSPS) is 11.2. The lowest BCUT2D eigenvalue weighted by Crippen LogP contribution is -2.25. The topological polar surface area (TPSA) is 68.5 Å². The first-order chi connectivity index (χ1) is 15.6. The molecule has 0 radical (unpaired) electrons. The van der Waals surface area contributed by atoms with Crippen molar-refractivity contribution >= 4 is 11.6 Å². The fourth-order valence-corrected chi connectivity index (χ4v) is 3.27. The quantitative estimate of drug-likeness (QED) is 0.343. The van der Waals surface area contributed by atoms with Crippen molar-refractivity contribution < 1.29 is 9.53 Å². The number of hydrazone groups is 1. The van der Waals surface area contributed by atoms with E-state index in [4.69, 9.17) is 4.74 Å². The Morgan fingerprint density at radius 2 is 1.69 bits per heavy atom. The van der Waals surface area contributed by atoms with E-state index in [-0.39, 0.29) is 12.5 Å². The van der Waals surface area contributed by atoms with E-state index >= 15 is 0 Å². The number of aromatic nitrogens is 2. The van der Waals surface area contributed by atoms with Crippen LogP contribution in [0.1, 0.15) is 18.1 Å². The highest BCUT2D eigenvalue weighted by Gasteiger charge is 2.13. The summed E-state index contributed by atoms with van der Waals surface area (Å²) in [5, 5.41) is 8.63. The standard InChI is InChI=1S/C26H24N4O2/c1-19-12-14-21(15-13-19)20(2)28-29-26(31)18-32-25-11-7-6-10-23(25)24-16-17-27-30(24)22-8-4-3-5-9-22/h3-17H,18H2,1-2H3,(H,29,31)/b28-20+. The van der Waals surface area contributed by atoms with Gasteiger partial charge in [-0.25, -0.2) is 10.1 Å². The Labute approximate surface area is 187 Å². The Kier molecular flexibility index (Phi) is 6.41. The highest BCUT2D eigenvalue weighted by molar-refractivity contribution is 5.99. The van der Waals surface area contributed by atoms with Crippen molar-refractivity contribution in [3.63, 3.8) is 0 Å². The monoisotopic (exact) mass is 424 g/mol. The Morgan fingerprint density at radius 3 is 2.47 bits per heavy atom. The lowest BCUT2D eigenvalue weighted by molar-refractivity contribution is -0.123. The Morgan fingerprint density at radius 1 is 0.969 bits per heavy atom. The zero-order valence-electron chi connectivity index (χ0n) is 18.0. The number of para-hydroxylation sites is 2. The van der Waals surface area contributed by atoms with Gasteiger partial charge in [0.2, 0.25) is 0 Å². The first-order valence-electron chi connectivity index (χ1n) is 10.3. The van der Waals surface area contributed by atoms with Gasteiger partial charge < -0.3 is 4.74 Å². The average Bonchev–Trinajstić information content (AvgIpc) is 3.32. The number of hydrogen-bond donors (Lipinski definition) is 1. The largest absolute Gasteiger partial charge is 0.483 e. The molecule has 32 heavy (non-hydrogen) atoms. The molecule has 6 nitrogen and oxygen atoms in total. The van der Waals surface area contributed by atoms with Crippen LogP contribution in [0.2, 0.25) is 0 Å². The van der Waals surface area contributed by atoms with E-state index in [1.807, 2.05) is 103 Å². The Hall–Kier alpha value is -4.19. The van der Waals surface area contributed by atoms with E-state index in [1.54, 1.807) is 6.20 Å². The predicted molar refractivity (Wildman–Crippen MR) is 126 cm³/mol. The lowest BCUT2D eigenvalue weighted by atomic mass is 10.1. The van der Waals surface area contributed by atoms with Gasteiger partial charge in [-0.1, -0.05) is 60.2 Å². The molecular formula is C26H24N4O2. The van der Waals surface area contributed by atoms with Crippen LogP contribution >= 0.6 is 0 Å². The zero-order valence-corrected chi connectivity index (χ0v) is 18.0. The molecule has 0 aliphatic heterocycles. The van der Waals surface area contributed by atoms with Crippen LogP contribution in [0.5, 0.6) is 5.75 Å². The van der Waals surface area contributed by atoms with Crippen LogP contribution in [0.25, 0.3) is 16.9 Å². The zero-order chi connectivity index (χ0) is 22.3. The van der Waals surface area contributed by atoms with Crippen molar-refractivity contribution in [1.82, 2.24) is 15.2 Å². The number of nitrogens with zero attached hydrogens (tertiary/aromatic N) is 3. The van der Waals surface area contributed by atoms with E-state index in [0.29, 0.717) is 5.75 Å². The van der Waals surface area contributed by atoms with Crippen LogP contribution < -0.4 is 10.2 Å². The second-order valence-corrected chi connectivity index (χ2v) is 7.35. The third kappa shape index (κ3) is 4.92. The summed E-state index contributed by atoms with van der Waals surface area (Å²) in [5.74, 6) is 0.266. The number of ether oxygens (including phenoxy) is 1. The predicted octanol–water partition coefficient (Wildman–Crippen LogP) is 4.77. The maximum absolute atomic E-state index is 12.3. The van der Waals surface area contributed by atoms with Crippen molar-refractivity contribution in [3.05, 3.63) is 102 Å². The number of carbonyl (C=O) groups excluding carboxylic acids is 1. The van der Waals surface area contributed by atoms with Gasteiger partial charge in [0.1, 0.15) is 5.75 Å². The molecular weight excluding hydrogens is 400 g/mol. The van der Waals surface area contributed by atoms with Crippen molar-refractivity contribution in [1.29, 1.82) is 0 Å². The second-order valence-electron chi connectivity index (χ2n) is 7.35. The summed E-state index contributed by atoms with van der Waals surface area (Å²) in [7, 11) is 0. The van der Waals surface area contributed by atoms with Gasteiger partial charge in [0.25, 0.3) is 5.91 Å². The molecule has 0 atom stereocenters. The smallest absolute Gasteiger partial charge is 0.277 e. The molecule has 0 aliphatic rings. The van der Waals surface area contributed by atoms with E-state index in [2.05, 4.69) is 15.6 Å². The highest BCUT2D eigenvalue weighted by Crippen LogP contribution is 2.31. The SMILES string of the molecule is C/C(=N\NC(=O)COc1ccccc1-c1ccnn1-c1ccccc1)c1ccc(C)cc1. The number of carbonyl (C=O) groups is 1. The maximum Gasteiger partial charge on any atom is 0.277 e. The van der Waals surface area contributed by atoms with Crippen LogP contribution in [0.4, 0.5) is 0 Å². The number of amides is 1. The van der Waals surface area contributed by atoms with E-state index in [9.17, 15) is 4.79 Å². The Bertz CT molecular complexity index is 1230. The van der Waals surface area contributed by atoms with Crippen LogP contribution in [-0.2, 0) is 4.79 Å². The molecule has 4 aromatic rings. The summed E-state index contributed by atoms with van der Waals surface area (Å²) >= 11 is 0. The minimum Gasteiger partial charge on any atom is -0.483 e. The third-order valence-corrected chi connectivity index (χ3v) is 4.98. The van der Waals surface area contributed by atoms with E-state index in [0.717, 1.165) is 28.2 Å². The first-order valence-corrected chi connectivity index (χ1v) is 10.3. The van der Waals surface area contributed by atoms with Crippen molar-refractivity contribution in [2.45, 2.75) is 13.8 Å². The molecule has 1 heterocycles. The van der Waals surface area contributed by atoms with Gasteiger partial charge in [-0.2, -0.15) is 10.2 Å². The summed E-state index contributed by atoms with van der Waals surface area (Å²) in [6.07, 6.45) is 1.74. The summed E-state index contributed by atoms with van der Waals surface area (Å²) in [6.45, 7) is 3.73. The van der Waals surface area contributed by atoms with Gasteiger partial charge in [0.05, 0.1) is 23.3 Å². The van der Waals surface area contributed by atoms with Gasteiger partial charge in [0, 0.05) is 5.56 Å². The van der Waals surface area contributed by atoms with Crippen LogP contribution in [0.15, 0.2) is 96.2 Å². The van der Waals surface area contributed by atoms with E-state index < -0.39 is 0 Å². The molecule has 0 unspecified atom stereocenters.